The third kappa shape index (κ3) is 4.56. The average molecular weight is 324 g/mol. The van der Waals surface area contributed by atoms with Crippen LogP contribution in [0.1, 0.15) is 18.9 Å². The molecule has 0 aliphatic heterocycles. The molecule has 1 N–H and O–H groups in total. The first-order valence-electron chi connectivity index (χ1n) is 7.78. The van der Waals surface area contributed by atoms with Gasteiger partial charge in [0.15, 0.2) is 0 Å². The van der Waals surface area contributed by atoms with Gasteiger partial charge in [0.1, 0.15) is 6.04 Å². The molecule has 0 saturated heterocycles. The molecule has 5 heteroatoms. The van der Waals surface area contributed by atoms with Crippen molar-refractivity contribution in [1.29, 1.82) is 5.26 Å². The van der Waals surface area contributed by atoms with Crippen LogP contribution in [0.2, 0.25) is 0 Å². The Labute approximate surface area is 141 Å². The van der Waals surface area contributed by atoms with E-state index in [1.807, 2.05) is 42.5 Å². The number of carbonyl (C=O) groups is 2. The lowest BCUT2D eigenvalue weighted by atomic mass is 10.0. The summed E-state index contributed by atoms with van der Waals surface area (Å²) in [5.74, 6) is -1.16. The molecule has 124 valence electrons. The smallest absolute Gasteiger partial charge is 0.328 e. The van der Waals surface area contributed by atoms with E-state index in [0.29, 0.717) is 0 Å². The lowest BCUT2D eigenvalue weighted by molar-refractivity contribution is -0.145. The highest BCUT2D eigenvalue weighted by molar-refractivity contribution is 5.87. The normalized spacial score (nSPS) is 12.9. The molecule has 2 rings (SSSR count). The van der Waals surface area contributed by atoms with E-state index in [0.717, 1.165) is 16.3 Å². The van der Waals surface area contributed by atoms with Crippen LogP contribution in [-0.2, 0) is 20.7 Å². The SMILES string of the molecule is COC(=O)[C@@H](C[C@@H](C)C#N)NC(=O)Cc1ccc2ccccc2c1. The molecule has 0 fully saturated rings. The molecule has 1 amide bonds. The molecule has 0 bridgehead atoms. The lowest BCUT2D eigenvalue weighted by Crippen LogP contribution is -2.43. The molecule has 0 spiro atoms. The summed E-state index contributed by atoms with van der Waals surface area (Å²) in [5, 5.41) is 13.7. The number of carbonyl (C=O) groups excluding carboxylic acids is 2. The van der Waals surface area contributed by atoms with Crippen LogP contribution >= 0.6 is 0 Å². The van der Waals surface area contributed by atoms with E-state index in [4.69, 9.17) is 10.00 Å². The maximum absolute atomic E-state index is 12.2. The van der Waals surface area contributed by atoms with Gasteiger partial charge in [-0.2, -0.15) is 5.26 Å². The molecule has 24 heavy (non-hydrogen) atoms. The number of hydrogen-bond acceptors (Lipinski definition) is 4. The van der Waals surface area contributed by atoms with Crippen LogP contribution in [-0.4, -0.2) is 25.0 Å². The lowest BCUT2D eigenvalue weighted by Gasteiger charge is -2.17. The highest BCUT2D eigenvalue weighted by Gasteiger charge is 2.23. The minimum Gasteiger partial charge on any atom is -0.467 e. The van der Waals surface area contributed by atoms with Gasteiger partial charge in [-0.1, -0.05) is 42.5 Å². The number of nitrogens with zero attached hydrogens (tertiary/aromatic N) is 1. The monoisotopic (exact) mass is 324 g/mol. The molecule has 5 nitrogen and oxygen atoms in total. The Morgan fingerprint density at radius 1 is 1.21 bits per heavy atom. The number of nitrogens with one attached hydrogen (secondary N) is 1. The van der Waals surface area contributed by atoms with Gasteiger partial charge < -0.3 is 10.1 Å². The van der Waals surface area contributed by atoms with Gasteiger partial charge in [0.2, 0.25) is 5.91 Å². The minimum absolute atomic E-state index is 0.166. The van der Waals surface area contributed by atoms with Crippen molar-refractivity contribution in [2.75, 3.05) is 7.11 Å². The van der Waals surface area contributed by atoms with Gasteiger partial charge in [-0.05, 0) is 29.7 Å². The largest absolute Gasteiger partial charge is 0.467 e. The fourth-order valence-electron chi connectivity index (χ4n) is 2.54. The van der Waals surface area contributed by atoms with E-state index in [1.165, 1.54) is 7.11 Å². The number of nitriles is 1. The van der Waals surface area contributed by atoms with Crippen molar-refractivity contribution in [2.24, 2.45) is 5.92 Å². The highest BCUT2D eigenvalue weighted by Crippen LogP contribution is 2.16. The van der Waals surface area contributed by atoms with Crippen molar-refractivity contribution >= 4 is 22.6 Å². The summed E-state index contributed by atoms with van der Waals surface area (Å²) in [4.78, 5) is 24.0. The molecule has 0 unspecified atom stereocenters. The molecule has 0 heterocycles. The van der Waals surface area contributed by atoms with Crippen LogP contribution in [0.5, 0.6) is 0 Å². The van der Waals surface area contributed by atoms with Crippen molar-refractivity contribution in [3.63, 3.8) is 0 Å². The second-order valence-electron chi connectivity index (χ2n) is 5.77. The molecule has 0 aromatic heterocycles. The fraction of sp³-hybridized carbons (Fsp3) is 0.316. The zero-order chi connectivity index (χ0) is 17.5. The van der Waals surface area contributed by atoms with Crippen molar-refractivity contribution < 1.29 is 14.3 Å². The van der Waals surface area contributed by atoms with E-state index in [2.05, 4.69) is 11.4 Å². The first kappa shape index (κ1) is 17.5. The molecule has 0 radical (unpaired) electrons. The third-order valence-electron chi connectivity index (χ3n) is 3.81. The Kier molecular flexibility index (Phi) is 5.91. The Morgan fingerprint density at radius 3 is 2.58 bits per heavy atom. The third-order valence-corrected chi connectivity index (χ3v) is 3.81. The quantitative estimate of drug-likeness (QED) is 0.828. The number of rotatable bonds is 6. The van der Waals surface area contributed by atoms with E-state index in [-0.39, 0.29) is 24.7 Å². The van der Waals surface area contributed by atoms with Gasteiger partial charge >= 0.3 is 5.97 Å². The number of fused-ring (bicyclic) bond motifs is 1. The van der Waals surface area contributed by atoms with Crippen LogP contribution in [0.3, 0.4) is 0 Å². The van der Waals surface area contributed by atoms with Crippen LogP contribution in [0.15, 0.2) is 42.5 Å². The maximum atomic E-state index is 12.2. The van der Waals surface area contributed by atoms with Gasteiger partial charge in [0.25, 0.3) is 0 Å². The van der Waals surface area contributed by atoms with Crippen LogP contribution in [0.4, 0.5) is 0 Å². The first-order chi connectivity index (χ1) is 11.5. The molecule has 0 saturated carbocycles. The number of methoxy groups -OCH3 is 1. The molecule has 0 aliphatic carbocycles. The number of benzene rings is 2. The summed E-state index contributed by atoms with van der Waals surface area (Å²) in [6.45, 7) is 1.70. The van der Waals surface area contributed by atoms with E-state index in [9.17, 15) is 9.59 Å². The van der Waals surface area contributed by atoms with Crippen molar-refractivity contribution in [1.82, 2.24) is 5.32 Å². The molecular weight excluding hydrogens is 304 g/mol. The molecule has 2 atom stereocenters. The molecular formula is C19H20N2O3. The first-order valence-corrected chi connectivity index (χ1v) is 7.78. The summed E-state index contributed by atoms with van der Waals surface area (Å²) in [6, 6.07) is 15.0. The van der Waals surface area contributed by atoms with Crippen LogP contribution in [0, 0.1) is 17.2 Å². The summed E-state index contributed by atoms with van der Waals surface area (Å²) < 4.78 is 4.70. The van der Waals surface area contributed by atoms with Crippen molar-refractivity contribution in [3.05, 3.63) is 48.0 Å². The summed E-state index contributed by atoms with van der Waals surface area (Å²) in [7, 11) is 1.27. The summed E-state index contributed by atoms with van der Waals surface area (Å²) >= 11 is 0. The van der Waals surface area contributed by atoms with Gasteiger partial charge in [-0.3, -0.25) is 4.79 Å². The van der Waals surface area contributed by atoms with Crippen LogP contribution in [0.25, 0.3) is 10.8 Å². The number of ether oxygens (including phenoxy) is 1. The van der Waals surface area contributed by atoms with Crippen molar-refractivity contribution in [3.8, 4) is 6.07 Å². The topological polar surface area (TPSA) is 79.2 Å². The van der Waals surface area contributed by atoms with Gasteiger partial charge in [0.05, 0.1) is 19.6 Å². The van der Waals surface area contributed by atoms with E-state index >= 15 is 0 Å². The number of amides is 1. The number of hydrogen-bond donors (Lipinski definition) is 1. The van der Waals surface area contributed by atoms with Gasteiger partial charge in [-0.15, -0.1) is 0 Å². The predicted molar refractivity (Wildman–Crippen MR) is 91.0 cm³/mol. The highest BCUT2D eigenvalue weighted by atomic mass is 16.5. The molecule has 2 aromatic rings. The van der Waals surface area contributed by atoms with Gasteiger partial charge in [0, 0.05) is 5.92 Å². The second-order valence-corrected chi connectivity index (χ2v) is 5.77. The van der Waals surface area contributed by atoms with Crippen LogP contribution < -0.4 is 5.32 Å². The summed E-state index contributed by atoms with van der Waals surface area (Å²) in [6.07, 6.45) is 0.395. The Hall–Kier alpha value is -2.87. The molecule has 2 aromatic carbocycles. The van der Waals surface area contributed by atoms with E-state index < -0.39 is 12.0 Å². The average Bonchev–Trinajstić information content (AvgIpc) is 2.60. The zero-order valence-corrected chi connectivity index (χ0v) is 13.8. The predicted octanol–water partition coefficient (Wildman–Crippen LogP) is 2.59. The summed E-state index contributed by atoms with van der Waals surface area (Å²) in [5.41, 5.74) is 0.864. The fourth-order valence-corrected chi connectivity index (χ4v) is 2.54. The van der Waals surface area contributed by atoms with Crippen molar-refractivity contribution in [2.45, 2.75) is 25.8 Å². The number of esters is 1. The molecule has 0 aliphatic rings. The minimum atomic E-state index is -0.808. The van der Waals surface area contributed by atoms with Gasteiger partial charge in [-0.25, -0.2) is 4.79 Å². The Balaban J connectivity index is 2.06. The standard InChI is InChI=1S/C19H20N2O3/c1-13(12-20)9-17(19(23)24-2)21-18(22)11-14-7-8-15-5-3-4-6-16(15)10-14/h3-8,10,13,17H,9,11H2,1-2H3,(H,21,22)/t13-,17-/m1/s1. The maximum Gasteiger partial charge on any atom is 0.328 e. The second kappa shape index (κ2) is 8.11. The van der Waals surface area contributed by atoms with E-state index in [1.54, 1.807) is 6.92 Å². The Morgan fingerprint density at radius 2 is 1.92 bits per heavy atom. The zero-order valence-electron chi connectivity index (χ0n) is 13.8. The Bertz CT molecular complexity index is 780.